The second kappa shape index (κ2) is 9.68. The first-order chi connectivity index (χ1) is 14.7. The highest BCUT2D eigenvalue weighted by molar-refractivity contribution is 7.23. The molecule has 0 saturated carbocycles. The van der Waals surface area contributed by atoms with Crippen LogP contribution in [0.2, 0.25) is 0 Å². The Morgan fingerprint density at radius 1 is 1.19 bits per heavy atom. The molecule has 0 radical (unpaired) electrons. The van der Waals surface area contributed by atoms with Gasteiger partial charge >= 0.3 is 5.97 Å². The van der Waals surface area contributed by atoms with Crippen LogP contribution in [0.15, 0.2) is 24.3 Å². The zero-order valence-electron chi connectivity index (χ0n) is 18.4. The van der Waals surface area contributed by atoms with Crippen molar-refractivity contribution in [3.63, 3.8) is 0 Å². The van der Waals surface area contributed by atoms with Crippen LogP contribution in [-0.2, 0) is 14.3 Å². The van der Waals surface area contributed by atoms with E-state index < -0.39 is 5.41 Å². The maximum Gasteiger partial charge on any atom is 0.306 e. The van der Waals surface area contributed by atoms with Gasteiger partial charge in [-0.2, -0.15) is 0 Å². The molecule has 1 fully saturated rings. The molecule has 1 saturated heterocycles. The molecule has 0 bridgehead atoms. The Bertz CT molecular complexity index is 961. The molecule has 0 aliphatic carbocycles. The summed E-state index contributed by atoms with van der Waals surface area (Å²) in [6, 6.07) is 7.74. The lowest BCUT2D eigenvalue weighted by atomic mass is 9.72. The molecule has 2 heterocycles. The van der Waals surface area contributed by atoms with E-state index in [1.807, 2.05) is 38.1 Å². The smallest absolute Gasteiger partial charge is 0.306 e. The lowest BCUT2D eigenvalue weighted by Gasteiger charge is -2.41. The van der Waals surface area contributed by atoms with E-state index in [0.29, 0.717) is 43.1 Å². The van der Waals surface area contributed by atoms with Crippen LogP contribution in [0.3, 0.4) is 0 Å². The number of anilines is 1. The monoisotopic (exact) mass is 445 g/mol. The average molecular weight is 446 g/mol. The SMILES string of the molecule is CCOC(=O)CC1(CC(=O)NC(C)C)CCN(C(=O)c2c(N)sc3ccccc23)CC1. The minimum absolute atomic E-state index is 0.0312. The summed E-state index contributed by atoms with van der Waals surface area (Å²) in [6.07, 6.45) is 1.55. The Labute approximate surface area is 186 Å². The minimum atomic E-state index is -0.510. The first-order valence-electron chi connectivity index (χ1n) is 10.8. The summed E-state index contributed by atoms with van der Waals surface area (Å²) >= 11 is 1.41. The van der Waals surface area contributed by atoms with Crippen LogP contribution in [0.25, 0.3) is 10.1 Å². The van der Waals surface area contributed by atoms with Gasteiger partial charge in [0.15, 0.2) is 0 Å². The van der Waals surface area contributed by atoms with Gasteiger partial charge in [0.05, 0.1) is 23.6 Å². The highest BCUT2D eigenvalue weighted by Gasteiger charge is 2.40. The number of hydrogen-bond acceptors (Lipinski definition) is 6. The van der Waals surface area contributed by atoms with E-state index in [9.17, 15) is 14.4 Å². The molecule has 1 aromatic heterocycles. The maximum absolute atomic E-state index is 13.3. The Kier molecular flexibility index (Phi) is 7.20. The number of nitrogens with one attached hydrogen (secondary N) is 1. The third kappa shape index (κ3) is 5.36. The van der Waals surface area contributed by atoms with Crippen LogP contribution < -0.4 is 11.1 Å². The van der Waals surface area contributed by atoms with Crippen LogP contribution >= 0.6 is 11.3 Å². The number of likely N-dealkylation sites (tertiary alicyclic amines) is 1. The number of amides is 2. The van der Waals surface area contributed by atoms with Crippen LogP contribution in [0, 0.1) is 5.41 Å². The number of ether oxygens (including phenoxy) is 1. The van der Waals surface area contributed by atoms with Crippen molar-refractivity contribution in [1.82, 2.24) is 10.2 Å². The van der Waals surface area contributed by atoms with Crippen LogP contribution in [0.4, 0.5) is 5.00 Å². The van der Waals surface area contributed by atoms with E-state index in [4.69, 9.17) is 10.5 Å². The Balaban J connectivity index is 1.76. The molecule has 3 rings (SSSR count). The normalized spacial score (nSPS) is 15.8. The Morgan fingerprint density at radius 3 is 2.52 bits per heavy atom. The molecular formula is C23H31N3O4S. The molecular weight excluding hydrogens is 414 g/mol. The number of carbonyl (C=O) groups excluding carboxylic acids is 3. The van der Waals surface area contributed by atoms with Gasteiger partial charge in [-0.25, -0.2) is 0 Å². The van der Waals surface area contributed by atoms with Crippen molar-refractivity contribution < 1.29 is 19.1 Å². The Morgan fingerprint density at radius 2 is 1.87 bits per heavy atom. The number of nitrogens with zero attached hydrogens (tertiary/aromatic N) is 1. The predicted octanol–water partition coefficient (Wildman–Crippen LogP) is 3.57. The van der Waals surface area contributed by atoms with Crippen LogP contribution in [0.5, 0.6) is 0 Å². The molecule has 2 aromatic rings. The molecule has 0 spiro atoms. The van der Waals surface area contributed by atoms with Crippen molar-refractivity contribution in [2.24, 2.45) is 5.41 Å². The van der Waals surface area contributed by atoms with Gasteiger partial charge < -0.3 is 20.7 Å². The molecule has 2 amide bonds. The predicted molar refractivity (Wildman–Crippen MR) is 123 cm³/mol. The van der Waals surface area contributed by atoms with Crippen molar-refractivity contribution in [2.45, 2.75) is 52.5 Å². The number of nitrogens with two attached hydrogens (primary N) is 1. The van der Waals surface area contributed by atoms with Gasteiger partial charge in [-0.1, -0.05) is 18.2 Å². The molecule has 3 N–H and O–H groups in total. The first-order valence-corrected chi connectivity index (χ1v) is 11.6. The highest BCUT2D eigenvalue weighted by atomic mass is 32.1. The van der Waals surface area contributed by atoms with E-state index >= 15 is 0 Å². The highest BCUT2D eigenvalue weighted by Crippen LogP contribution is 2.41. The fourth-order valence-corrected chi connectivity index (χ4v) is 5.24. The van der Waals surface area contributed by atoms with Gasteiger partial charge in [0.25, 0.3) is 5.91 Å². The standard InChI is InChI=1S/C23H31N3O4S/c1-4-30-19(28)14-23(13-18(27)25-15(2)3)9-11-26(12-10-23)22(29)20-16-7-5-6-8-17(16)31-21(20)24/h5-8,15H,4,9-14,24H2,1-3H3,(H,25,27). The number of piperidine rings is 1. The quantitative estimate of drug-likeness (QED) is 0.635. The second-order valence-electron chi connectivity index (χ2n) is 8.51. The number of rotatable bonds is 7. The van der Waals surface area contributed by atoms with Gasteiger partial charge in [0.2, 0.25) is 5.91 Å². The summed E-state index contributed by atoms with van der Waals surface area (Å²) in [7, 11) is 0. The molecule has 168 valence electrons. The molecule has 31 heavy (non-hydrogen) atoms. The summed E-state index contributed by atoms with van der Waals surface area (Å²) in [5, 5.41) is 4.31. The fourth-order valence-electron chi connectivity index (χ4n) is 4.28. The summed E-state index contributed by atoms with van der Waals surface area (Å²) in [5.74, 6) is -0.467. The zero-order valence-corrected chi connectivity index (χ0v) is 19.2. The maximum atomic E-state index is 13.3. The second-order valence-corrected chi connectivity index (χ2v) is 9.59. The van der Waals surface area contributed by atoms with Crippen molar-refractivity contribution in [1.29, 1.82) is 0 Å². The summed E-state index contributed by atoms with van der Waals surface area (Å²) < 4.78 is 6.15. The number of fused-ring (bicyclic) bond motifs is 1. The van der Waals surface area contributed by atoms with Gasteiger partial charge in [0, 0.05) is 35.6 Å². The van der Waals surface area contributed by atoms with E-state index in [1.165, 1.54) is 11.3 Å². The molecule has 0 atom stereocenters. The number of nitrogen functional groups attached to an aromatic ring is 1. The van der Waals surface area contributed by atoms with Crippen molar-refractivity contribution in [3.8, 4) is 0 Å². The van der Waals surface area contributed by atoms with Gasteiger partial charge in [-0.05, 0) is 45.1 Å². The molecule has 1 aromatic carbocycles. The fraction of sp³-hybridized carbons (Fsp3) is 0.522. The van der Waals surface area contributed by atoms with Crippen molar-refractivity contribution in [3.05, 3.63) is 29.8 Å². The van der Waals surface area contributed by atoms with Crippen molar-refractivity contribution >= 4 is 44.2 Å². The van der Waals surface area contributed by atoms with Crippen molar-refractivity contribution in [2.75, 3.05) is 25.4 Å². The van der Waals surface area contributed by atoms with Crippen LogP contribution in [0.1, 0.15) is 56.8 Å². The molecule has 1 aliphatic heterocycles. The van der Waals surface area contributed by atoms with Crippen LogP contribution in [-0.4, -0.2) is 48.4 Å². The van der Waals surface area contributed by atoms with E-state index in [2.05, 4.69) is 5.32 Å². The number of hydrogen-bond donors (Lipinski definition) is 2. The third-order valence-corrected chi connectivity index (χ3v) is 6.76. The summed E-state index contributed by atoms with van der Waals surface area (Å²) in [5.41, 5.74) is 6.22. The molecule has 8 heteroatoms. The topological polar surface area (TPSA) is 102 Å². The number of benzene rings is 1. The summed E-state index contributed by atoms with van der Waals surface area (Å²) in [6.45, 7) is 6.84. The average Bonchev–Trinajstić information content (AvgIpc) is 3.03. The lowest BCUT2D eigenvalue weighted by molar-refractivity contribution is -0.147. The number of esters is 1. The zero-order chi connectivity index (χ0) is 22.6. The molecule has 7 nitrogen and oxygen atoms in total. The first kappa shape index (κ1) is 23.1. The summed E-state index contributed by atoms with van der Waals surface area (Å²) in [4.78, 5) is 39.8. The Hall–Kier alpha value is -2.61. The minimum Gasteiger partial charge on any atom is -0.466 e. The van der Waals surface area contributed by atoms with E-state index in [0.717, 1.165) is 10.1 Å². The number of carbonyl (C=O) groups is 3. The molecule has 0 unspecified atom stereocenters. The number of thiophene rings is 1. The molecule has 1 aliphatic rings. The van der Waals surface area contributed by atoms with Gasteiger partial charge in [-0.3, -0.25) is 14.4 Å². The van der Waals surface area contributed by atoms with E-state index in [-0.39, 0.29) is 36.7 Å². The third-order valence-electron chi connectivity index (χ3n) is 5.76. The largest absolute Gasteiger partial charge is 0.466 e. The van der Waals surface area contributed by atoms with Gasteiger partial charge in [0.1, 0.15) is 0 Å². The van der Waals surface area contributed by atoms with Gasteiger partial charge in [-0.15, -0.1) is 11.3 Å². The lowest BCUT2D eigenvalue weighted by Crippen LogP contribution is -2.46. The van der Waals surface area contributed by atoms with E-state index in [1.54, 1.807) is 11.8 Å².